The van der Waals surface area contributed by atoms with Crippen molar-refractivity contribution in [2.24, 2.45) is 0 Å². The van der Waals surface area contributed by atoms with Gasteiger partial charge < -0.3 is 4.74 Å². The molecule has 1 amide bonds. The number of anilines is 1. The van der Waals surface area contributed by atoms with Crippen LogP contribution in [-0.2, 0) is 14.3 Å². The average molecular weight is 233 g/mol. The van der Waals surface area contributed by atoms with Crippen molar-refractivity contribution in [2.75, 3.05) is 11.5 Å². The zero-order valence-corrected chi connectivity index (χ0v) is 9.92. The maximum Gasteiger partial charge on any atom is 0.332 e. The van der Waals surface area contributed by atoms with Crippen molar-refractivity contribution in [1.29, 1.82) is 0 Å². The second-order valence-electron chi connectivity index (χ2n) is 3.29. The summed E-state index contributed by atoms with van der Waals surface area (Å²) in [4.78, 5) is 24.0. The lowest BCUT2D eigenvalue weighted by molar-refractivity contribution is -0.137. The molecule has 0 aliphatic rings. The maximum absolute atomic E-state index is 11.4. The third-order valence-electron chi connectivity index (χ3n) is 2.02. The summed E-state index contributed by atoms with van der Waals surface area (Å²) in [6, 6.07) is 9.08. The number of hydrogen-bond donors (Lipinski definition) is 0. The fraction of sp³-hybridized carbons (Fsp3) is 0.231. The summed E-state index contributed by atoms with van der Waals surface area (Å²) < 4.78 is 4.74. The molecule has 0 fully saturated rings. The molecular formula is C13H15NO3. The minimum atomic E-state index is -0.463. The van der Waals surface area contributed by atoms with E-state index in [-0.39, 0.29) is 5.91 Å². The van der Waals surface area contributed by atoms with Crippen molar-refractivity contribution in [3.05, 3.63) is 42.6 Å². The number of ether oxygens (including phenoxy) is 1. The highest BCUT2D eigenvalue weighted by Crippen LogP contribution is 2.13. The Bertz CT molecular complexity index is 412. The molecule has 0 N–H and O–H groups in total. The highest BCUT2D eigenvalue weighted by Gasteiger charge is 2.07. The van der Waals surface area contributed by atoms with Crippen molar-refractivity contribution < 1.29 is 14.3 Å². The van der Waals surface area contributed by atoms with Gasteiger partial charge in [0.05, 0.1) is 6.61 Å². The highest BCUT2D eigenvalue weighted by molar-refractivity contribution is 5.94. The van der Waals surface area contributed by atoms with Crippen LogP contribution in [0.3, 0.4) is 0 Å². The Morgan fingerprint density at radius 2 is 1.94 bits per heavy atom. The molecule has 90 valence electrons. The lowest BCUT2D eigenvalue weighted by Gasteiger charge is -2.15. The Morgan fingerprint density at radius 3 is 2.47 bits per heavy atom. The van der Waals surface area contributed by atoms with E-state index in [2.05, 4.69) is 0 Å². The van der Waals surface area contributed by atoms with E-state index in [0.29, 0.717) is 12.3 Å². The lowest BCUT2D eigenvalue weighted by Crippen LogP contribution is -2.22. The van der Waals surface area contributed by atoms with Gasteiger partial charge in [0, 0.05) is 24.9 Å². The smallest absolute Gasteiger partial charge is 0.332 e. The zero-order valence-electron chi connectivity index (χ0n) is 9.92. The summed E-state index contributed by atoms with van der Waals surface area (Å²) in [6.45, 7) is 3.47. The molecule has 0 saturated heterocycles. The highest BCUT2D eigenvalue weighted by atomic mass is 16.5. The number of carbonyl (C=O) groups is 2. The van der Waals surface area contributed by atoms with Crippen molar-refractivity contribution in [1.82, 2.24) is 0 Å². The van der Waals surface area contributed by atoms with Crippen LogP contribution in [0.25, 0.3) is 0 Å². The van der Waals surface area contributed by atoms with Gasteiger partial charge in [-0.1, -0.05) is 18.2 Å². The first-order valence-corrected chi connectivity index (χ1v) is 5.35. The fourth-order valence-electron chi connectivity index (χ4n) is 1.29. The van der Waals surface area contributed by atoms with Gasteiger partial charge in [-0.25, -0.2) is 4.79 Å². The molecule has 4 nitrogen and oxygen atoms in total. The Kier molecular flexibility index (Phi) is 4.94. The molecule has 0 bridgehead atoms. The Balaban J connectivity index is 2.82. The molecule has 1 aromatic rings. The van der Waals surface area contributed by atoms with Gasteiger partial charge >= 0.3 is 5.97 Å². The number of amides is 1. The third kappa shape index (κ3) is 4.10. The number of benzene rings is 1. The second-order valence-corrected chi connectivity index (χ2v) is 3.29. The Morgan fingerprint density at radius 1 is 1.29 bits per heavy atom. The van der Waals surface area contributed by atoms with Crippen molar-refractivity contribution in [3.63, 3.8) is 0 Å². The first kappa shape index (κ1) is 13.0. The number of rotatable bonds is 4. The Labute approximate surface area is 100 Å². The van der Waals surface area contributed by atoms with Gasteiger partial charge in [0.15, 0.2) is 0 Å². The predicted octanol–water partition coefficient (Wildman–Crippen LogP) is 2.12. The second kappa shape index (κ2) is 6.48. The molecule has 0 heterocycles. The van der Waals surface area contributed by atoms with Crippen LogP contribution in [0.1, 0.15) is 13.8 Å². The zero-order chi connectivity index (χ0) is 12.7. The van der Waals surface area contributed by atoms with E-state index in [0.717, 1.165) is 0 Å². The number of esters is 1. The molecular weight excluding hydrogens is 218 g/mol. The number of para-hydroxylation sites is 1. The summed E-state index contributed by atoms with van der Waals surface area (Å²) in [6.07, 6.45) is 2.65. The summed E-state index contributed by atoms with van der Waals surface area (Å²) in [5.41, 5.74) is 0.709. The normalized spacial score (nSPS) is 10.2. The minimum Gasteiger partial charge on any atom is -0.463 e. The molecule has 4 heteroatoms. The average Bonchev–Trinajstić information content (AvgIpc) is 2.30. The van der Waals surface area contributed by atoms with E-state index in [1.165, 1.54) is 24.1 Å². The number of carbonyl (C=O) groups excluding carboxylic acids is 2. The van der Waals surface area contributed by atoms with Gasteiger partial charge in [0.1, 0.15) is 0 Å². The number of hydrogen-bond acceptors (Lipinski definition) is 3. The van der Waals surface area contributed by atoms with Crippen LogP contribution in [0.15, 0.2) is 42.6 Å². The van der Waals surface area contributed by atoms with E-state index in [9.17, 15) is 9.59 Å². The van der Waals surface area contributed by atoms with E-state index in [1.807, 2.05) is 18.2 Å². The minimum absolute atomic E-state index is 0.170. The largest absolute Gasteiger partial charge is 0.463 e. The quantitative estimate of drug-likeness (QED) is 0.591. The van der Waals surface area contributed by atoms with Crippen LogP contribution in [-0.4, -0.2) is 18.5 Å². The molecule has 0 atom stereocenters. The fourth-order valence-corrected chi connectivity index (χ4v) is 1.29. The molecule has 0 aliphatic heterocycles. The van der Waals surface area contributed by atoms with Crippen molar-refractivity contribution >= 4 is 17.6 Å². The van der Waals surface area contributed by atoms with E-state index < -0.39 is 5.97 Å². The monoisotopic (exact) mass is 233 g/mol. The van der Waals surface area contributed by atoms with E-state index >= 15 is 0 Å². The maximum atomic E-state index is 11.4. The molecule has 1 rings (SSSR count). The standard InChI is InChI=1S/C13H15NO3/c1-3-17-13(16)9-10-14(11(2)15)12-7-5-4-6-8-12/h4-10H,3H2,1-2H3/b10-9+. The molecule has 0 spiro atoms. The van der Waals surface area contributed by atoms with Gasteiger partial charge in [0.25, 0.3) is 0 Å². The summed E-state index contributed by atoms with van der Waals surface area (Å²) in [7, 11) is 0. The molecule has 0 aromatic heterocycles. The Hall–Kier alpha value is -2.10. The van der Waals surface area contributed by atoms with Gasteiger partial charge in [-0.2, -0.15) is 0 Å². The first-order chi connectivity index (χ1) is 8.15. The van der Waals surface area contributed by atoms with Crippen molar-refractivity contribution in [3.8, 4) is 0 Å². The van der Waals surface area contributed by atoms with E-state index in [1.54, 1.807) is 19.1 Å². The van der Waals surface area contributed by atoms with Gasteiger partial charge in [-0.3, -0.25) is 9.69 Å². The van der Waals surface area contributed by atoms with Crippen LogP contribution >= 0.6 is 0 Å². The van der Waals surface area contributed by atoms with Gasteiger partial charge in [-0.05, 0) is 19.1 Å². The molecule has 0 aliphatic carbocycles. The van der Waals surface area contributed by atoms with Gasteiger partial charge in [0.2, 0.25) is 5.91 Å². The molecule has 0 unspecified atom stereocenters. The van der Waals surface area contributed by atoms with Crippen LogP contribution in [0.5, 0.6) is 0 Å². The SMILES string of the molecule is CCOC(=O)/C=C/N(C(C)=O)c1ccccc1. The van der Waals surface area contributed by atoms with Crippen LogP contribution in [0.2, 0.25) is 0 Å². The molecule has 17 heavy (non-hydrogen) atoms. The summed E-state index contributed by atoms with van der Waals surface area (Å²) in [5.74, 6) is -0.633. The van der Waals surface area contributed by atoms with Gasteiger partial charge in [-0.15, -0.1) is 0 Å². The van der Waals surface area contributed by atoms with Crippen LogP contribution in [0.4, 0.5) is 5.69 Å². The third-order valence-corrected chi connectivity index (χ3v) is 2.02. The molecule has 0 radical (unpaired) electrons. The van der Waals surface area contributed by atoms with E-state index in [4.69, 9.17) is 4.74 Å². The number of nitrogens with zero attached hydrogens (tertiary/aromatic N) is 1. The molecule has 1 aromatic carbocycles. The molecule has 0 saturated carbocycles. The predicted molar refractivity (Wildman–Crippen MR) is 65.4 cm³/mol. The lowest BCUT2D eigenvalue weighted by atomic mass is 10.3. The van der Waals surface area contributed by atoms with Crippen LogP contribution < -0.4 is 4.90 Å². The first-order valence-electron chi connectivity index (χ1n) is 5.35. The van der Waals surface area contributed by atoms with Crippen LogP contribution in [0, 0.1) is 0 Å². The summed E-state index contributed by atoms with van der Waals surface area (Å²) in [5, 5.41) is 0. The van der Waals surface area contributed by atoms with Crippen molar-refractivity contribution in [2.45, 2.75) is 13.8 Å². The summed E-state index contributed by atoms with van der Waals surface area (Å²) >= 11 is 0. The topological polar surface area (TPSA) is 46.6 Å².